The molecule has 0 aliphatic heterocycles. The molecule has 1 nitrogen and oxygen atoms in total. The average Bonchev–Trinajstić information content (AvgIpc) is 2.37. The maximum absolute atomic E-state index is 6.26. The minimum absolute atomic E-state index is 0.152. The second-order valence-electron chi connectivity index (χ2n) is 5.02. The standard InChI is InChI=1S/C16H19IO/c1-13(2)16(10-6-9-15(17)11-16)18-12-14-7-4-3-5-8-14/h3-9,11,13H,10,12H2,1-2H3. The van der Waals surface area contributed by atoms with E-state index in [1.807, 2.05) is 6.07 Å². The number of ether oxygens (including phenoxy) is 1. The molecule has 1 aliphatic carbocycles. The zero-order valence-corrected chi connectivity index (χ0v) is 13.1. The summed E-state index contributed by atoms with van der Waals surface area (Å²) < 4.78 is 7.52. The predicted octanol–water partition coefficient (Wildman–Crippen LogP) is 4.88. The van der Waals surface area contributed by atoms with Crippen molar-refractivity contribution in [3.63, 3.8) is 0 Å². The summed E-state index contributed by atoms with van der Waals surface area (Å²) in [5, 5.41) is 0. The molecule has 0 heterocycles. The quantitative estimate of drug-likeness (QED) is 0.701. The Labute approximate surface area is 123 Å². The van der Waals surface area contributed by atoms with E-state index >= 15 is 0 Å². The largest absolute Gasteiger partial charge is 0.366 e. The van der Waals surface area contributed by atoms with Gasteiger partial charge in [0.1, 0.15) is 0 Å². The Hall–Kier alpha value is -0.610. The predicted molar refractivity (Wildman–Crippen MR) is 84.7 cm³/mol. The van der Waals surface area contributed by atoms with Crippen molar-refractivity contribution in [2.75, 3.05) is 0 Å². The molecule has 0 saturated heterocycles. The lowest BCUT2D eigenvalue weighted by Gasteiger charge is -2.36. The maximum atomic E-state index is 6.26. The van der Waals surface area contributed by atoms with Crippen LogP contribution in [0.15, 0.2) is 52.1 Å². The first kappa shape index (κ1) is 13.8. The van der Waals surface area contributed by atoms with Crippen LogP contribution in [0.2, 0.25) is 0 Å². The van der Waals surface area contributed by atoms with Crippen LogP contribution >= 0.6 is 22.6 Å². The van der Waals surface area contributed by atoms with Gasteiger partial charge in [-0.25, -0.2) is 0 Å². The van der Waals surface area contributed by atoms with E-state index < -0.39 is 0 Å². The average molecular weight is 354 g/mol. The van der Waals surface area contributed by atoms with Crippen LogP contribution in [0.25, 0.3) is 0 Å². The van der Waals surface area contributed by atoms with E-state index in [1.54, 1.807) is 0 Å². The van der Waals surface area contributed by atoms with Gasteiger partial charge in [0.15, 0.2) is 0 Å². The van der Waals surface area contributed by atoms with E-state index in [2.05, 4.69) is 78.9 Å². The minimum Gasteiger partial charge on any atom is -0.366 e. The highest BCUT2D eigenvalue weighted by molar-refractivity contribution is 14.1. The van der Waals surface area contributed by atoms with Crippen LogP contribution in [0, 0.1) is 5.92 Å². The number of hydrogen-bond acceptors (Lipinski definition) is 1. The molecule has 96 valence electrons. The normalized spacial score (nSPS) is 23.2. The van der Waals surface area contributed by atoms with Crippen LogP contribution in [0.3, 0.4) is 0 Å². The Balaban J connectivity index is 2.11. The molecular formula is C16H19IO. The van der Waals surface area contributed by atoms with Gasteiger partial charge in [0.2, 0.25) is 0 Å². The highest BCUT2D eigenvalue weighted by Gasteiger charge is 2.33. The number of halogens is 1. The van der Waals surface area contributed by atoms with Gasteiger partial charge in [-0.15, -0.1) is 0 Å². The van der Waals surface area contributed by atoms with E-state index in [1.165, 1.54) is 9.14 Å². The monoisotopic (exact) mass is 354 g/mol. The van der Waals surface area contributed by atoms with Gasteiger partial charge in [0, 0.05) is 3.58 Å². The van der Waals surface area contributed by atoms with Gasteiger partial charge in [-0.3, -0.25) is 0 Å². The summed E-state index contributed by atoms with van der Waals surface area (Å²) >= 11 is 2.36. The van der Waals surface area contributed by atoms with Crippen LogP contribution in [-0.2, 0) is 11.3 Å². The Morgan fingerprint density at radius 2 is 2.00 bits per heavy atom. The van der Waals surface area contributed by atoms with E-state index in [9.17, 15) is 0 Å². The van der Waals surface area contributed by atoms with Crippen molar-refractivity contribution in [2.45, 2.75) is 32.5 Å². The van der Waals surface area contributed by atoms with Crippen LogP contribution in [0.1, 0.15) is 25.8 Å². The first-order valence-corrected chi connectivity index (χ1v) is 7.43. The molecule has 2 rings (SSSR count). The zero-order valence-electron chi connectivity index (χ0n) is 10.9. The maximum Gasteiger partial charge on any atom is 0.0937 e. The van der Waals surface area contributed by atoms with Crippen LogP contribution in [0.4, 0.5) is 0 Å². The van der Waals surface area contributed by atoms with Crippen molar-refractivity contribution in [1.82, 2.24) is 0 Å². The number of allylic oxidation sites excluding steroid dienone is 2. The van der Waals surface area contributed by atoms with Crippen LogP contribution < -0.4 is 0 Å². The number of rotatable bonds is 4. The third-order valence-electron chi connectivity index (χ3n) is 3.42. The third-order valence-corrected chi connectivity index (χ3v) is 4.09. The van der Waals surface area contributed by atoms with Crippen molar-refractivity contribution in [2.24, 2.45) is 5.92 Å². The molecule has 1 aromatic carbocycles. The molecule has 1 atom stereocenters. The first-order valence-electron chi connectivity index (χ1n) is 6.35. The molecule has 0 N–H and O–H groups in total. The molecule has 18 heavy (non-hydrogen) atoms. The lowest BCUT2D eigenvalue weighted by Crippen LogP contribution is -2.37. The lowest BCUT2D eigenvalue weighted by molar-refractivity contribution is -0.0507. The summed E-state index contributed by atoms with van der Waals surface area (Å²) in [4.78, 5) is 0. The molecule has 1 aliphatic rings. The molecule has 1 unspecified atom stereocenters. The summed E-state index contributed by atoms with van der Waals surface area (Å²) in [6.07, 6.45) is 7.60. The summed E-state index contributed by atoms with van der Waals surface area (Å²) in [7, 11) is 0. The summed E-state index contributed by atoms with van der Waals surface area (Å²) in [5.41, 5.74) is 1.08. The van der Waals surface area contributed by atoms with Crippen molar-refractivity contribution in [3.05, 3.63) is 57.7 Å². The lowest BCUT2D eigenvalue weighted by atomic mass is 9.84. The van der Waals surface area contributed by atoms with Crippen molar-refractivity contribution >= 4 is 22.6 Å². The molecule has 0 radical (unpaired) electrons. The molecular weight excluding hydrogens is 335 g/mol. The summed E-state index contributed by atoms with van der Waals surface area (Å²) in [5.74, 6) is 0.468. The highest BCUT2D eigenvalue weighted by atomic mass is 127. The van der Waals surface area contributed by atoms with Gasteiger partial charge in [0.25, 0.3) is 0 Å². The highest BCUT2D eigenvalue weighted by Crippen LogP contribution is 2.35. The van der Waals surface area contributed by atoms with Gasteiger partial charge in [0.05, 0.1) is 12.2 Å². The molecule has 0 saturated carbocycles. The van der Waals surface area contributed by atoms with Crippen molar-refractivity contribution < 1.29 is 4.74 Å². The van der Waals surface area contributed by atoms with Gasteiger partial charge >= 0.3 is 0 Å². The summed E-state index contributed by atoms with van der Waals surface area (Å²) in [6, 6.07) is 10.4. The molecule has 1 aromatic rings. The van der Waals surface area contributed by atoms with Gasteiger partial charge < -0.3 is 4.74 Å². The van der Waals surface area contributed by atoms with Gasteiger partial charge in [-0.2, -0.15) is 0 Å². The molecule has 0 bridgehead atoms. The Kier molecular flexibility index (Phi) is 4.62. The fourth-order valence-electron chi connectivity index (χ4n) is 2.16. The molecule has 2 heteroatoms. The van der Waals surface area contributed by atoms with E-state index in [4.69, 9.17) is 4.74 Å². The Morgan fingerprint density at radius 3 is 2.61 bits per heavy atom. The fourth-order valence-corrected chi connectivity index (χ4v) is 2.94. The van der Waals surface area contributed by atoms with E-state index in [-0.39, 0.29) is 5.60 Å². The van der Waals surface area contributed by atoms with Gasteiger partial charge in [-0.05, 0) is 46.6 Å². The SMILES string of the molecule is CC(C)C1(OCc2ccccc2)C=C(I)C=CC1. The minimum atomic E-state index is -0.152. The summed E-state index contributed by atoms with van der Waals surface area (Å²) in [6.45, 7) is 5.13. The molecule has 0 amide bonds. The third kappa shape index (κ3) is 3.23. The molecule has 0 fully saturated rings. The van der Waals surface area contributed by atoms with E-state index in [0.717, 1.165) is 6.42 Å². The van der Waals surface area contributed by atoms with Crippen molar-refractivity contribution in [3.8, 4) is 0 Å². The smallest absolute Gasteiger partial charge is 0.0937 e. The fraction of sp³-hybridized carbons (Fsp3) is 0.375. The second-order valence-corrected chi connectivity index (χ2v) is 6.27. The molecule has 0 aromatic heterocycles. The number of benzene rings is 1. The first-order chi connectivity index (χ1) is 8.62. The van der Waals surface area contributed by atoms with Crippen molar-refractivity contribution in [1.29, 1.82) is 0 Å². The Morgan fingerprint density at radius 1 is 1.28 bits per heavy atom. The van der Waals surface area contributed by atoms with Crippen LogP contribution in [0.5, 0.6) is 0 Å². The van der Waals surface area contributed by atoms with Crippen LogP contribution in [-0.4, -0.2) is 5.60 Å². The van der Waals surface area contributed by atoms with E-state index in [0.29, 0.717) is 12.5 Å². The topological polar surface area (TPSA) is 9.23 Å². The van der Waals surface area contributed by atoms with Gasteiger partial charge in [-0.1, -0.05) is 56.3 Å². The molecule has 0 spiro atoms. The Bertz CT molecular complexity index is 447. The second kappa shape index (κ2) is 6.02. The number of hydrogen-bond donors (Lipinski definition) is 0. The zero-order chi connectivity index (χ0) is 13.0.